The first-order valence-corrected chi connectivity index (χ1v) is 10.8. The third-order valence-corrected chi connectivity index (χ3v) is 5.37. The van der Waals surface area contributed by atoms with Crippen LogP contribution < -0.4 is 11.1 Å². The number of carbonyl (C=O) groups excluding carboxylic acids is 1. The molecule has 10 nitrogen and oxygen atoms in total. The van der Waals surface area contributed by atoms with Crippen molar-refractivity contribution in [1.82, 2.24) is 15.2 Å². The lowest BCUT2D eigenvalue weighted by Gasteiger charge is -2.02. The highest BCUT2D eigenvalue weighted by atomic mass is 16.6. The summed E-state index contributed by atoms with van der Waals surface area (Å²) in [6.07, 6.45) is 3.06. The number of aromatic nitrogens is 2. The summed E-state index contributed by atoms with van der Waals surface area (Å²) in [6.45, 7) is 0. The highest BCUT2D eigenvalue weighted by Gasteiger charge is 2.17. The zero-order valence-electron chi connectivity index (χ0n) is 18.6. The standard InChI is InChI=1S/C26H17N5O5/c32-25(17-10-12-21(13-11-17)31(34)35)28-27-15-19-16-30(20-7-2-1-3-8-20)29-24(19)22-14-18-6-4-5-9-23(18)36-26(22)33/h1-16H,(H,28,32). The first-order chi connectivity index (χ1) is 17.5. The van der Waals surface area contributed by atoms with E-state index in [2.05, 4.69) is 15.6 Å². The Morgan fingerprint density at radius 1 is 1.03 bits per heavy atom. The van der Waals surface area contributed by atoms with Gasteiger partial charge in [0.2, 0.25) is 0 Å². The third-order valence-electron chi connectivity index (χ3n) is 5.37. The lowest BCUT2D eigenvalue weighted by Crippen LogP contribution is -2.17. The van der Waals surface area contributed by atoms with Crippen molar-refractivity contribution in [2.75, 3.05) is 0 Å². The number of amides is 1. The van der Waals surface area contributed by atoms with Gasteiger partial charge in [-0.25, -0.2) is 14.9 Å². The van der Waals surface area contributed by atoms with Gasteiger partial charge in [0.15, 0.2) is 0 Å². The topological polar surface area (TPSA) is 133 Å². The van der Waals surface area contributed by atoms with Crippen LogP contribution in [0.4, 0.5) is 5.69 Å². The Balaban J connectivity index is 1.49. The molecule has 0 unspecified atom stereocenters. The fourth-order valence-electron chi connectivity index (χ4n) is 3.59. The molecule has 10 heteroatoms. The number of nitrogens with zero attached hydrogens (tertiary/aromatic N) is 4. The number of benzene rings is 3. The predicted molar refractivity (Wildman–Crippen MR) is 133 cm³/mol. The normalized spacial score (nSPS) is 11.1. The van der Waals surface area contributed by atoms with Gasteiger partial charge in [-0.2, -0.15) is 10.2 Å². The summed E-state index contributed by atoms with van der Waals surface area (Å²) in [6, 6.07) is 23.3. The van der Waals surface area contributed by atoms with Crippen LogP contribution >= 0.6 is 0 Å². The minimum absolute atomic E-state index is 0.123. The Morgan fingerprint density at radius 3 is 2.50 bits per heavy atom. The van der Waals surface area contributed by atoms with Gasteiger partial charge in [-0.3, -0.25) is 14.9 Å². The second kappa shape index (κ2) is 9.47. The van der Waals surface area contributed by atoms with Crippen LogP contribution in [0.5, 0.6) is 0 Å². The lowest BCUT2D eigenvalue weighted by atomic mass is 10.1. The molecule has 0 aliphatic heterocycles. The van der Waals surface area contributed by atoms with Crippen molar-refractivity contribution >= 4 is 28.8 Å². The van der Waals surface area contributed by atoms with Gasteiger partial charge in [0.25, 0.3) is 11.6 Å². The summed E-state index contributed by atoms with van der Waals surface area (Å²) in [5.41, 5.74) is 4.16. The molecule has 0 saturated carbocycles. The molecule has 0 saturated heterocycles. The number of hydrogen-bond acceptors (Lipinski definition) is 7. The van der Waals surface area contributed by atoms with Crippen LogP contribution in [0, 0.1) is 10.1 Å². The van der Waals surface area contributed by atoms with Gasteiger partial charge >= 0.3 is 5.63 Å². The molecular weight excluding hydrogens is 462 g/mol. The molecule has 0 atom stereocenters. The van der Waals surface area contributed by atoms with Gasteiger partial charge < -0.3 is 4.42 Å². The van der Waals surface area contributed by atoms with Crippen molar-refractivity contribution in [2.24, 2.45) is 5.10 Å². The molecule has 1 N–H and O–H groups in total. The molecule has 1 amide bonds. The number of rotatable bonds is 6. The number of nitro benzene ring substituents is 1. The average Bonchev–Trinajstić information content (AvgIpc) is 3.32. The molecule has 5 aromatic rings. The quantitative estimate of drug-likeness (QED) is 0.167. The first-order valence-electron chi connectivity index (χ1n) is 10.8. The van der Waals surface area contributed by atoms with Crippen LogP contribution in [-0.4, -0.2) is 26.8 Å². The highest BCUT2D eigenvalue weighted by Crippen LogP contribution is 2.23. The zero-order valence-corrected chi connectivity index (χ0v) is 18.6. The summed E-state index contributed by atoms with van der Waals surface area (Å²) in [4.78, 5) is 35.5. The largest absolute Gasteiger partial charge is 0.422 e. The third kappa shape index (κ3) is 4.50. The van der Waals surface area contributed by atoms with E-state index in [4.69, 9.17) is 4.42 Å². The minimum atomic E-state index is -0.559. The Kier molecular flexibility index (Phi) is 5.90. The molecule has 0 radical (unpaired) electrons. The Bertz CT molecular complexity index is 1670. The van der Waals surface area contributed by atoms with Crippen LogP contribution in [0.3, 0.4) is 0 Å². The molecule has 0 bridgehead atoms. The van der Waals surface area contributed by atoms with Gasteiger partial charge in [-0.05, 0) is 36.4 Å². The second-order valence-corrected chi connectivity index (χ2v) is 7.70. The number of fused-ring (bicyclic) bond motifs is 1. The van der Waals surface area contributed by atoms with Crippen LogP contribution in [0.25, 0.3) is 27.9 Å². The monoisotopic (exact) mass is 479 g/mol. The molecular formula is C26H17N5O5. The smallest absolute Gasteiger partial charge is 0.345 e. The zero-order chi connectivity index (χ0) is 25.1. The number of para-hydroxylation sites is 2. The lowest BCUT2D eigenvalue weighted by molar-refractivity contribution is -0.384. The van der Waals surface area contributed by atoms with Crippen LogP contribution in [0.2, 0.25) is 0 Å². The molecule has 0 aliphatic carbocycles. The van der Waals surface area contributed by atoms with E-state index in [1.165, 1.54) is 30.5 Å². The van der Waals surface area contributed by atoms with E-state index in [1.807, 2.05) is 42.5 Å². The molecule has 2 heterocycles. The molecule has 36 heavy (non-hydrogen) atoms. The number of carbonyl (C=O) groups is 1. The second-order valence-electron chi connectivity index (χ2n) is 7.70. The number of hydrogen-bond donors (Lipinski definition) is 1. The maximum absolute atomic E-state index is 12.8. The van der Waals surface area contributed by atoms with E-state index >= 15 is 0 Å². The highest BCUT2D eigenvalue weighted by molar-refractivity contribution is 5.96. The molecule has 5 rings (SSSR count). The molecule has 3 aromatic carbocycles. The van der Waals surface area contributed by atoms with Crippen molar-refractivity contribution in [3.63, 3.8) is 0 Å². The number of hydrazone groups is 1. The fraction of sp³-hybridized carbons (Fsp3) is 0. The SMILES string of the molecule is O=C(NN=Cc1cn(-c2ccccc2)nc1-c1cc2ccccc2oc1=O)c1ccc([N+](=O)[O-])cc1. The van der Waals surface area contributed by atoms with Crippen molar-refractivity contribution in [1.29, 1.82) is 0 Å². The molecule has 2 aromatic heterocycles. The Morgan fingerprint density at radius 2 is 1.75 bits per heavy atom. The van der Waals surface area contributed by atoms with Gasteiger partial charge in [-0.15, -0.1) is 0 Å². The van der Waals surface area contributed by atoms with E-state index < -0.39 is 16.5 Å². The summed E-state index contributed by atoms with van der Waals surface area (Å²) in [7, 11) is 0. The average molecular weight is 479 g/mol. The van der Waals surface area contributed by atoms with E-state index in [9.17, 15) is 19.7 Å². The maximum atomic E-state index is 12.8. The van der Waals surface area contributed by atoms with Crippen LogP contribution in [0.15, 0.2) is 105 Å². The Hall–Kier alpha value is -5.38. The van der Waals surface area contributed by atoms with Gasteiger partial charge in [0.1, 0.15) is 11.3 Å². The van der Waals surface area contributed by atoms with Crippen molar-refractivity contribution in [3.05, 3.63) is 123 Å². The fourth-order valence-corrected chi connectivity index (χ4v) is 3.59. The van der Waals surface area contributed by atoms with Crippen LogP contribution in [0.1, 0.15) is 15.9 Å². The number of nitrogens with one attached hydrogen (secondary N) is 1. The van der Waals surface area contributed by atoms with Gasteiger partial charge in [0, 0.05) is 34.8 Å². The van der Waals surface area contributed by atoms with Crippen molar-refractivity contribution in [3.8, 4) is 16.9 Å². The van der Waals surface area contributed by atoms with Gasteiger partial charge in [-0.1, -0.05) is 36.4 Å². The number of nitro groups is 1. The summed E-state index contributed by atoms with van der Waals surface area (Å²) in [5.74, 6) is -0.552. The molecule has 0 fully saturated rings. The summed E-state index contributed by atoms with van der Waals surface area (Å²) in [5, 5.41) is 20.1. The van der Waals surface area contributed by atoms with Crippen molar-refractivity contribution in [2.45, 2.75) is 0 Å². The van der Waals surface area contributed by atoms with E-state index in [1.54, 1.807) is 29.1 Å². The van der Waals surface area contributed by atoms with E-state index in [0.29, 0.717) is 16.8 Å². The summed E-state index contributed by atoms with van der Waals surface area (Å²) >= 11 is 0. The molecule has 0 spiro atoms. The van der Waals surface area contributed by atoms with Crippen LogP contribution in [-0.2, 0) is 0 Å². The van der Waals surface area contributed by atoms with Crippen molar-refractivity contribution < 1.29 is 14.1 Å². The first kappa shape index (κ1) is 22.4. The predicted octanol–water partition coefficient (Wildman–Crippen LogP) is 4.32. The van der Waals surface area contributed by atoms with Gasteiger partial charge in [0.05, 0.1) is 22.4 Å². The maximum Gasteiger partial charge on any atom is 0.345 e. The Labute approximate surface area is 203 Å². The van der Waals surface area contributed by atoms with E-state index in [-0.39, 0.29) is 16.8 Å². The molecule has 176 valence electrons. The molecule has 0 aliphatic rings. The minimum Gasteiger partial charge on any atom is -0.422 e. The number of non-ortho nitro benzene ring substituents is 1. The summed E-state index contributed by atoms with van der Waals surface area (Å²) < 4.78 is 7.08. The van der Waals surface area contributed by atoms with E-state index in [0.717, 1.165) is 11.1 Å².